The monoisotopic (exact) mass is 558 g/mol. The van der Waals surface area contributed by atoms with Crippen molar-refractivity contribution >= 4 is 17.8 Å². The Morgan fingerprint density at radius 1 is 1.13 bits per heavy atom. The number of H-pyrrole nitrogens is 1. The topological polar surface area (TPSA) is 124 Å². The molecule has 0 spiro atoms. The van der Waals surface area contributed by atoms with Crippen molar-refractivity contribution in [1.82, 2.24) is 20.0 Å². The van der Waals surface area contributed by atoms with E-state index < -0.39 is 30.0 Å². The summed E-state index contributed by atoms with van der Waals surface area (Å²) in [5.41, 5.74) is 2.25. The molecule has 1 saturated heterocycles. The number of aromatic nitrogens is 2. The molecule has 1 saturated carbocycles. The molecule has 2 N–H and O–H groups in total. The van der Waals surface area contributed by atoms with Crippen LogP contribution in [-0.2, 0) is 16.0 Å². The normalized spacial score (nSPS) is 19.5. The summed E-state index contributed by atoms with van der Waals surface area (Å²) in [6, 6.07) is 4.16. The van der Waals surface area contributed by atoms with E-state index in [0.717, 1.165) is 5.56 Å². The molecule has 1 aliphatic heterocycles. The highest BCUT2D eigenvalue weighted by atomic mass is 19.4. The second-order valence-electron chi connectivity index (χ2n) is 9.42. The number of alkyl halides is 4. The molecule has 0 bridgehead atoms. The first kappa shape index (κ1) is 29.7. The summed E-state index contributed by atoms with van der Waals surface area (Å²) in [4.78, 5) is 49.2. The lowest BCUT2D eigenvalue weighted by atomic mass is 10.0. The zero-order valence-corrected chi connectivity index (χ0v) is 21.1. The number of carbonyl (C=O) groups is 3. The van der Waals surface area contributed by atoms with Crippen LogP contribution in [-0.4, -0.2) is 80.9 Å². The molecule has 2 aliphatic rings. The maximum atomic E-state index is 14.5. The van der Waals surface area contributed by atoms with Crippen LogP contribution in [0.1, 0.15) is 52.0 Å². The fourth-order valence-corrected chi connectivity index (χ4v) is 4.49. The Hall–Kier alpha value is -3.84. The summed E-state index contributed by atoms with van der Waals surface area (Å²) in [7, 11) is 0. The Bertz CT molecular complexity index is 1310. The average Bonchev–Trinajstić information content (AvgIpc) is 3.30. The summed E-state index contributed by atoms with van der Waals surface area (Å²) in [5.74, 6) is -4.20. The fourth-order valence-electron chi connectivity index (χ4n) is 4.49. The van der Waals surface area contributed by atoms with E-state index in [-0.39, 0.29) is 36.2 Å². The van der Waals surface area contributed by atoms with Crippen LogP contribution in [0, 0.1) is 19.7 Å². The summed E-state index contributed by atoms with van der Waals surface area (Å²) in [6.07, 6.45) is -4.21. The highest BCUT2D eigenvalue weighted by Crippen LogP contribution is 2.28. The number of piperazine rings is 1. The Morgan fingerprint density at radius 3 is 2.36 bits per heavy atom. The number of amides is 2. The van der Waals surface area contributed by atoms with E-state index in [2.05, 4.69) is 10.2 Å². The van der Waals surface area contributed by atoms with Crippen molar-refractivity contribution in [2.45, 2.75) is 57.9 Å². The lowest BCUT2D eigenvalue weighted by molar-refractivity contribution is -0.192. The molecule has 1 aliphatic carbocycles. The number of aromatic amines is 1. The van der Waals surface area contributed by atoms with Gasteiger partial charge in [0.2, 0.25) is 5.91 Å². The number of halogens is 5. The molecule has 2 atom stereocenters. The molecule has 1 aromatic heterocycles. The van der Waals surface area contributed by atoms with E-state index >= 15 is 0 Å². The van der Waals surface area contributed by atoms with Crippen molar-refractivity contribution in [2.75, 3.05) is 19.6 Å². The first-order valence-corrected chi connectivity index (χ1v) is 12.0. The quantitative estimate of drug-likeness (QED) is 0.557. The molecule has 2 amide bonds. The van der Waals surface area contributed by atoms with Gasteiger partial charge in [0.15, 0.2) is 0 Å². The number of carbonyl (C=O) groups excluding carboxylic acids is 2. The van der Waals surface area contributed by atoms with Gasteiger partial charge >= 0.3 is 12.1 Å². The highest BCUT2D eigenvalue weighted by molar-refractivity contribution is 5.97. The van der Waals surface area contributed by atoms with E-state index in [1.807, 2.05) is 0 Å². The van der Waals surface area contributed by atoms with Gasteiger partial charge in [0.25, 0.3) is 11.5 Å². The predicted molar refractivity (Wildman–Crippen MR) is 127 cm³/mol. The number of rotatable bonds is 4. The van der Waals surface area contributed by atoms with Gasteiger partial charge in [-0.1, -0.05) is 6.07 Å². The third-order valence-electron chi connectivity index (χ3n) is 6.83. The molecule has 14 heteroatoms. The van der Waals surface area contributed by atoms with Crippen molar-refractivity contribution in [3.05, 3.63) is 62.3 Å². The minimum absolute atomic E-state index is 0.104. The summed E-state index contributed by atoms with van der Waals surface area (Å²) < 4.78 is 59.8. The van der Waals surface area contributed by atoms with Crippen LogP contribution in [0.3, 0.4) is 0 Å². The molecule has 0 unspecified atom stereocenters. The van der Waals surface area contributed by atoms with Crippen molar-refractivity contribution in [2.24, 2.45) is 0 Å². The maximum Gasteiger partial charge on any atom is 0.490 e. The minimum atomic E-state index is -5.08. The number of hydrogen-bond donors (Lipinski definition) is 2. The zero-order valence-electron chi connectivity index (χ0n) is 21.1. The van der Waals surface area contributed by atoms with Gasteiger partial charge in [0.05, 0.1) is 11.3 Å². The largest absolute Gasteiger partial charge is 0.490 e. The lowest BCUT2D eigenvalue weighted by Gasteiger charge is -2.37. The third-order valence-corrected chi connectivity index (χ3v) is 6.83. The minimum Gasteiger partial charge on any atom is -0.475 e. The molecular weight excluding hydrogens is 531 g/mol. The van der Waals surface area contributed by atoms with Crippen molar-refractivity contribution in [3.63, 3.8) is 0 Å². The van der Waals surface area contributed by atoms with Gasteiger partial charge in [0.1, 0.15) is 18.5 Å². The average molecular weight is 559 g/mol. The number of hydrogen-bond acceptors (Lipinski definition) is 5. The van der Waals surface area contributed by atoms with Gasteiger partial charge in [0, 0.05) is 31.1 Å². The van der Waals surface area contributed by atoms with Crippen LogP contribution in [0.4, 0.5) is 22.0 Å². The van der Waals surface area contributed by atoms with E-state index in [9.17, 15) is 36.3 Å². The molecule has 39 heavy (non-hydrogen) atoms. The lowest BCUT2D eigenvalue weighted by Crippen LogP contribution is -2.55. The van der Waals surface area contributed by atoms with Crippen molar-refractivity contribution in [3.8, 4) is 0 Å². The van der Waals surface area contributed by atoms with E-state index in [4.69, 9.17) is 9.90 Å². The van der Waals surface area contributed by atoms with Crippen molar-refractivity contribution in [1.29, 1.82) is 0 Å². The first-order chi connectivity index (χ1) is 18.2. The molecular formula is C25H27F5N4O5. The highest BCUT2D eigenvalue weighted by Gasteiger charge is 2.38. The number of benzene rings is 1. The number of nitrogens with one attached hydrogen (secondary N) is 1. The smallest absolute Gasteiger partial charge is 0.475 e. The van der Waals surface area contributed by atoms with Crippen LogP contribution >= 0.6 is 0 Å². The molecule has 4 rings (SSSR count). The van der Waals surface area contributed by atoms with E-state index in [1.165, 1.54) is 17.0 Å². The van der Waals surface area contributed by atoms with Gasteiger partial charge in [-0.15, -0.1) is 0 Å². The van der Waals surface area contributed by atoms with Crippen LogP contribution < -0.4 is 5.56 Å². The van der Waals surface area contributed by atoms with Gasteiger partial charge < -0.3 is 14.9 Å². The summed E-state index contributed by atoms with van der Waals surface area (Å²) in [5, 5.41) is 13.6. The number of aliphatic carboxylic acids is 1. The van der Waals surface area contributed by atoms with Gasteiger partial charge in [-0.05, 0) is 56.4 Å². The standard InChI is InChI=1S/C23H26F2N4O3.C2HF3O2/c1-13-14(2)22(31)27-26-20(13)10-15-3-6-19(25)18(9-15)23(32)28-7-8-29(21(30)12-28)17-5-4-16(24)11-17;3-2(4,5)1(6)7/h3,6,9,16-17H,4-5,7-8,10-12H2,1-2H3,(H,27,31);(H,6,7)/t16-,17+;/m0./s1. The third kappa shape index (κ3) is 7.18. The van der Waals surface area contributed by atoms with Gasteiger partial charge in [-0.3, -0.25) is 14.4 Å². The van der Waals surface area contributed by atoms with E-state index in [0.29, 0.717) is 49.0 Å². The first-order valence-electron chi connectivity index (χ1n) is 12.0. The number of carboxylic acids is 1. The molecule has 212 valence electrons. The Morgan fingerprint density at radius 2 is 1.79 bits per heavy atom. The van der Waals surface area contributed by atoms with Gasteiger partial charge in [-0.25, -0.2) is 18.7 Å². The zero-order chi connectivity index (χ0) is 29.1. The van der Waals surface area contributed by atoms with Crippen LogP contribution in [0.25, 0.3) is 0 Å². The van der Waals surface area contributed by atoms with Crippen LogP contribution in [0.15, 0.2) is 23.0 Å². The maximum absolute atomic E-state index is 14.5. The van der Waals surface area contributed by atoms with Crippen LogP contribution in [0.2, 0.25) is 0 Å². The second-order valence-corrected chi connectivity index (χ2v) is 9.42. The molecule has 2 fully saturated rings. The predicted octanol–water partition coefficient (Wildman–Crippen LogP) is 2.92. The summed E-state index contributed by atoms with van der Waals surface area (Å²) in [6.45, 7) is 3.96. The Kier molecular flexibility index (Phi) is 9.07. The second kappa shape index (κ2) is 11.9. The Balaban J connectivity index is 0.000000532. The number of carboxylic acid groups (broad SMARTS) is 1. The van der Waals surface area contributed by atoms with Crippen LogP contribution in [0.5, 0.6) is 0 Å². The molecule has 1 aromatic carbocycles. The molecule has 0 radical (unpaired) electrons. The fraction of sp³-hybridized carbons (Fsp3) is 0.480. The summed E-state index contributed by atoms with van der Waals surface area (Å²) >= 11 is 0. The molecule has 9 nitrogen and oxygen atoms in total. The molecule has 2 heterocycles. The SMILES string of the molecule is Cc1c(Cc2ccc(F)c(C(=O)N3CCN([C@@H]4CC[C@H](F)C4)C(=O)C3)c2)n[nH]c(=O)c1C.O=C(O)C(F)(F)F. The number of nitrogens with zero attached hydrogens (tertiary/aromatic N) is 3. The van der Waals surface area contributed by atoms with E-state index in [1.54, 1.807) is 24.8 Å². The van der Waals surface area contributed by atoms with Crippen molar-refractivity contribution < 1.29 is 41.4 Å². The van der Waals surface area contributed by atoms with Gasteiger partial charge in [-0.2, -0.15) is 18.3 Å². The molecule has 2 aromatic rings. The Labute approximate surface area is 219 Å².